The molecule has 1 unspecified atom stereocenters. The summed E-state index contributed by atoms with van der Waals surface area (Å²) in [6, 6.07) is 12.2. The highest BCUT2D eigenvalue weighted by Gasteiger charge is 2.22. The number of rotatable bonds is 6. The minimum Gasteiger partial charge on any atom is -0.488 e. The summed E-state index contributed by atoms with van der Waals surface area (Å²) in [7, 11) is 1.77. The Hall–Kier alpha value is -2.76. The van der Waals surface area contributed by atoms with Gasteiger partial charge in [-0.15, -0.1) is 0 Å². The van der Waals surface area contributed by atoms with Gasteiger partial charge in [0.2, 0.25) is 5.88 Å². The van der Waals surface area contributed by atoms with E-state index in [2.05, 4.69) is 32.7 Å². The maximum absolute atomic E-state index is 5.96. The molecular formula is C22H28N4O2. The Morgan fingerprint density at radius 1 is 1.18 bits per heavy atom. The van der Waals surface area contributed by atoms with E-state index < -0.39 is 0 Å². The van der Waals surface area contributed by atoms with Crippen molar-refractivity contribution in [1.29, 1.82) is 0 Å². The lowest BCUT2D eigenvalue weighted by atomic mass is 10.1. The van der Waals surface area contributed by atoms with E-state index in [9.17, 15) is 0 Å². The van der Waals surface area contributed by atoms with E-state index in [-0.39, 0.29) is 6.10 Å². The highest BCUT2D eigenvalue weighted by atomic mass is 16.5. The number of nitrogens with one attached hydrogen (secondary N) is 2. The Morgan fingerprint density at radius 2 is 2.04 bits per heavy atom. The summed E-state index contributed by atoms with van der Waals surface area (Å²) in [5.74, 6) is 2.46. The van der Waals surface area contributed by atoms with Crippen molar-refractivity contribution >= 4 is 5.96 Å². The molecule has 0 bridgehead atoms. The van der Waals surface area contributed by atoms with Crippen molar-refractivity contribution in [3.63, 3.8) is 0 Å². The molecule has 1 aromatic carbocycles. The first-order valence-electron chi connectivity index (χ1n) is 10.1. The van der Waals surface area contributed by atoms with Gasteiger partial charge in [-0.3, -0.25) is 4.99 Å². The average Bonchev–Trinajstić information content (AvgIpc) is 3.38. The summed E-state index contributed by atoms with van der Waals surface area (Å²) in [6.45, 7) is 1.36. The fraction of sp³-hybridized carbons (Fsp3) is 0.455. The summed E-state index contributed by atoms with van der Waals surface area (Å²) in [4.78, 5) is 8.73. The van der Waals surface area contributed by atoms with Gasteiger partial charge in [0.05, 0.1) is 6.54 Å². The molecule has 4 rings (SSSR count). The molecule has 0 spiro atoms. The number of hydrogen-bond donors (Lipinski definition) is 2. The normalized spacial score (nSPS) is 19.2. The van der Waals surface area contributed by atoms with Gasteiger partial charge in [0.15, 0.2) is 5.96 Å². The fourth-order valence-electron chi connectivity index (χ4n) is 3.75. The van der Waals surface area contributed by atoms with Crippen LogP contribution in [0.4, 0.5) is 0 Å². The van der Waals surface area contributed by atoms with Crippen molar-refractivity contribution in [2.24, 2.45) is 4.99 Å². The van der Waals surface area contributed by atoms with Crippen LogP contribution in [0.1, 0.15) is 36.8 Å². The third-order valence-corrected chi connectivity index (χ3v) is 5.28. The monoisotopic (exact) mass is 380 g/mol. The first-order chi connectivity index (χ1) is 13.8. The van der Waals surface area contributed by atoms with Crippen LogP contribution in [0.5, 0.6) is 11.6 Å². The molecule has 1 saturated carbocycles. The quantitative estimate of drug-likeness (QED) is 0.595. The molecule has 2 aromatic rings. The van der Waals surface area contributed by atoms with Crippen molar-refractivity contribution in [2.75, 3.05) is 13.6 Å². The molecule has 1 aliphatic heterocycles. The number of guanidine groups is 1. The molecule has 0 radical (unpaired) electrons. The lowest BCUT2D eigenvalue weighted by Gasteiger charge is -2.16. The molecule has 1 fully saturated rings. The number of benzene rings is 1. The van der Waals surface area contributed by atoms with E-state index in [1.54, 1.807) is 7.05 Å². The fourth-order valence-corrected chi connectivity index (χ4v) is 3.75. The Bertz CT molecular complexity index is 775. The van der Waals surface area contributed by atoms with Crippen LogP contribution in [0.15, 0.2) is 47.6 Å². The van der Waals surface area contributed by atoms with Crippen molar-refractivity contribution in [3.05, 3.63) is 53.7 Å². The molecule has 1 atom stereocenters. The predicted molar refractivity (Wildman–Crippen MR) is 110 cm³/mol. The van der Waals surface area contributed by atoms with Gasteiger partial charge in [0.25, 0.3) is 0 Å². The molecule has 0 saturated heterocycles. The zero-order valence-electron chi connectivity index (χ0n) is 16.4. The standard InChI is InChI=1S/C22H28N4O2/c1-23-22(26-15-19-12-17-6-2-5-9-20(17)27-19)25-14-16-10-11-21(24-13-16)28-18-7-3-4-8-18/h2,5-6,9-11,13,18-19H,3-4,7-8,12,14-15H2,1H3,(H2,23,25,26). The van der Waals surface area contributed by atoms with Crippen molar-refractivity contribution in [2.45, 2.75) is 50.9 Å². The first-order valence-corrected chi connectivity index (χ1v) is 10.1. The molecule has 2 heterocycles. The highest BCUT2D eigenvalue weighted by Crippen LogP contribution is 2.27. The number of para-hydroxylation sites is 1. The van der Waals surface area contributed by atoms with Gasteiger partial charge in [-0.25, -0.2) is 4.98 Å². The summed E-state index contributed by atoms with van der Waals surface area (Å²) in [6.07, 6.45) is 8.06. The summed E-state index contributed by atoms with van der Waals surface area (Å²) < 4.78 is 11.9. The predicted octanol–water partition coefficient (Wildman–Crippen LogP) is 3.07. The Kier molecular flexibility index (Phi) is 5.95. The molecule has 2 aliphatic rings. The number of aliphatic imine (C=N–C) groups is 1. The lowest BCUT2D eigenvalue weighted by molar-refractivity contribution is 0.201. The second-order valence-corrected chi connectivity index (χ2v) is 7.39. The Morgan fingerprint density at radius 3 is 2.79 bits per heavy atom. The summed E-state index contributed by atoms with van der Waals surface area (Å²) in [5, 5.41) is 6.67. The number of ether oxygens (including phenoxy) is 2. The zero-order chi connectivity index (χ0) is 19.2. The Balaban J connectivity index is 1.21. The molecule has 6 nitrogen and oxygen atoms in total. The van der Waals surface area contributed by atoms with Crippen molar-refractivity contribution in [3.8, 4) is 11.6 Å². The van der Waals surface area contributed by atoms with Gasteiger partial charge in [0.1, 0.15) is 18.0 Å². The second-order valence-electron chi connectivity index (χ2n) is 7.39. The van der Waals surface area contributed by atoms with Gasteiger partial charge >= 0.3 is 0 Å². The van der Waals surface area contributed by atoms with Crippen LogP contribution in [0.3, 0.4) is 0 Å². The van der Waals surface area contributed by atoms with Gasteiger partial charge in [-0.1, -0.05) is 24.3 Å². The van der Waals surface area contributed by atoms with E-state index in [1.807, 2.05) is 30.5 Å². The van der Waals surface area contributed by atoms with E-state index in [4.69, 9.17) is 9.47 Å². The topological polar surface area (TPSA) is 67.8 Å². The van der Waals surface area contributed by atoms with Crippen LogP contribution in [-0.2, 0) is 13.0 Å². The maximum Gasteiger partial charge on any atom is 0.213 e. The van der Waals surface area contributed by atoms with Gasteiger partial charge in [0, 0.05) is 32.3 Å². The van der Waals surface area contributed by atoms with Gasteiger partial charge in [-0.05, 0) is 42.9 Å². The van der Waals surface area contributed by atoms with Crippen molar-refractivity contribution < 1.29 is 9.47 Å². The van der Waals surface area contributed by atoms with E-state index in [1.165, 1.54) is 18.4 Å². The largest absolute Gasteiger partial charge is 0.488 e. The van der Waals surface area contributed by atoms with E-state index in [0.29, 0.717) is 19.2 Å². The molecular weight excluding hydrogens is 352 g/mol. The van der Waals surface area contributed by atoms with E-state index in [0.717, 1.165) is 42.4 Å². The lowest BCUT2D eigenvalue weighted by Crippen LogP contribution is -2.41. The molecule has 0 amide bonds. The molecule has 2 N–H and O–H groups in total. The minimum absolute atomic E-state index is 0.129. The number of nitrogens with zero attached hydrogens (tertiary/aromatic N) is 2. The summed E-state index contributed by atoms with van der Waals surface area (Å²) in [5.41, 5.74) is 2.36. The number of pyridine rings is 1. The van der Waals surface area contributed by atoms with Crippen LogP contribution < -0.4 is 20.1 Å². The third kappa shape index (κ3) is 4.74. The smallest absolute Gasteiger partial charge is 0.213 e. The number of aromatic nitrogens is 1. The molecule has 1 aromatic heterocycles. The SMILES string of the molecule is CN=C(NCc1ccc(OC2CCCC2)nc1)NCC1Cc2ccccc2O1. The number of fused-ring (bicyclic) bond motifs is 1. The van der Waals surface area contributed by atoms with Crippen LogP contribution >= 0.6 is 0 Å². The van der Waals surface area contributed by atoms with E-state index >= 15 is 0 Å². The second kappa shape index (κ2) is 8.95. The first kappa shape index (κ1) is 18.6. The summed E-state index contributed by atoms with van der Waals surface area (Å²) >= 11 is 0. The molecule has 28 heavy (non-hydrogen) atoms. The van der Waals surface area contributed by atoms with Gasteiger partial charge in [-0.2, -0.15) is 0 Å². The third-order valence-electron chi connectivity index (χ3n) is 5.28. The van der Waals surface area contributed by atoms with Gasteiger partial charge < -0.3 is 20.1 Å². The number of hydrogen-bond acceptors (Lipinski definition) is 4. The average molecular weight is 380 g/mol. The zero-order valence-corrected chi connectivity index (χ0v) is 16.4. The Labute approximate surface area is 166 Å². The minimum atomic E-state index is 0.129. The molecule has 148 valence electrons. The van der Waals surface area contributed by atoms with Crippen molar-refractivity contribution in [1.82, 2.24) is 15.6 Å². The van der Waals surface area contributed by atoms with Crippen LogP contribution in [0.25, 0.3) is 0 Å². The molecule has 1 aliphatic carbocycles. The highest BCUT2D eigenvalue weighted by molar-refractivity contribution is 5.79. The van der Waals surface area contributed by atoms with Crippen LogP contribution in [-0.4, -0.2) is 36.7 Å². The maximum atomic E-state index is 5.96. The van der Waals surface area contributed by atoms with Crippen LogP contribution in [0.2, 0.25) is 0 Å². The van der Waals surface area contributed by atoms with Crippen LogP contribution in [0, 0.1) is 0 Å². The molecule has 6 heteroatoms.